The van der Waals surface area contributed by atoms with Crippen LogP contribution in [0.15, 0.2) is 53.7 Å². The number of likely N-dealkylation sites (tertiary alicyclic amines) is 1. The number of aliphatic hydroxyl groups excluding tert-OH is 2. The summed E-state index contributed by atoms with van der Waals surface area (Å²) in [5.41, 5.74) is 3.48. The number of hydrogen-bond donors (Lipinski definition) is 3. The minimum absolute atomic E-state index is 0.0430. The topological polar surface area (TPSA) is 137 Å². The number of pyridine rings is 1. The zero-order valence-corrected chi connectivity index (χ0v) is 23.3. The molecule has 0 spiro atoms. The first-order valence-corrected chi connectivity index (χ1v) is 13.5. The number of rotatable bonds is 8. The smallest absolute Gasteiger partial charge is 0.423 e. The van der Waals surface area contributed by atoms with Gasteiger partial charge in [-0.1, -0.05) is 37.1 Å². The summed E-state index contributed by atoms with van der Waals surface area (Å²) in [4.78, 5) is 43.5. The highest BCUT2D eigenvalue weighted by Crippen LogP contribution is 2.48. The molecule has 0 radical (unpaired) electrons. The number of phenolic OH excluding ortho intramolecular Hbond substituents is 1. The molecule has 0 bridgehead atoms. The Morgan fingerprint density at radius 3 is 2.58 bits per heavy atom. The van der Waals surface area contributed by atoms with Gasteiger partial charge in [-0.15, -0.1) is 0 Å². The molecule has 40 heavy (non-hydrogen) atoms. The van der Waals surface area contributed by atoms with Crippen LogP contribution in [0.4, 0.5) is 4.79 Å². The summed E-state index contributed by atoms with van der Waals surface area (Å²) in [5, 5.41) is 32.1. The molecule has 2 aliphatic rings. The second-order valence-corrected chi connectivity index (χ2v) is 10.8. The molecule has 1 aromatic carbocycles. The van der Waals surface area contributed by atoms with Crippen LogP contribution in [0.2, 0.25) is 5.02 Å². The number of methoxy groups -OCH3 is 1. The van der Waals surface area contributed by atoms with Gasteiger partial charge >= 0.3 is 6.09 Å². The number of aromatic nitrogens is 1. The average Bonchev–Trinajstić information content (AvgIpc) is 3.19. The number of imide groups is 3. The first-order valence-electron chi connectivity index (χ1n) is 13.2. The monoisotopic (exact) mass is 568 g/mol. The molecule has 10 heteroatoms. The van der Waals surface area contributed by atoms with Crippen molar-refractivity contribution in [2.75, 3.05) is 13.7 Å². The standard InChI is InChI=1S/C30H33ClN2O7/c1-16(2)20-14-21-27(29(38)33(28(21)37)30(39)40-3)22(15-34)26(20)25(36)10-8-18(24-6-4-5-11-32-24)12-17-7-9-19(35)13-23(17)31/h4-7,9,11-13,16,21-22,25,27,34-36H,8,10,14-15H2,1-3H3/b18-12-/t21-,22+,25-,27-/m1/s1. The maximum absolute atomic E-state index is 13.2. The van der Waals surface area contributed by atoms with Crippen LogP contribution in [0.5, 0.6) is 5.75 Å². The number of carbonyl (C=O) groups excluding carboxylic acids is 3. The fourth-order valence-corrected chi connectivity index (χ4v) is 6.04. The third-order valence-corrected chi connectivity index (χ3v) is 8.05. The van der Waals surface area contributed by atoms with Gasteiger partial charge in [-0.05, 0) is 78.3 Å². The maximum atomic E-state index is 13.2. The van der Waals surface area contributed by atoms with E-state index in [0.717, 1.165) is 18.3 Å². The van der Waals surface area contributed by atoms with Gasteiger partial charge in [0.2, 0.25) is 11.8 Å². The molecule has 0 unspecified atom stereocenters. The fourth-order valence-electron chi connectivity index (χ4n) is 5.81. The van der Waals surface area contributed by atoms with Crippen LogP contribution in [-0.2, 0) is 14.3 Å². The Kier molecular flexibility index (Phi) is 9.08. The minimum Gasteiger partial charge on any atom is -0.508 e. The van der Waals surface area contributed by atoms with E-state index in [9.17, 15) is 29.7 Å². The van der Waals surface area contributed by atoms with Crippen molar-refractivity contribution >= 4 is 41.2 Å². The summed E-state index contributed by atoms with van der Waals surface area (Å²) in [6, 6.07) is 10.2. The second-order valence-electron chi connectivity index (χ2n) is 10.4. The van der Waals surface area contributed by atoms with E-state index in [0.29, 0.717) is 33.2 Å². The maximum Gasteiger partial charge on any atom is 0.423 e. The lowest BCUT2D eigenvalue weighted by molar-refractivity contribution is -0.137. The number of carbonyl (C=O) groups is 3. The van der Waals surface area contributed by atoms with E-state index in [2.05, 4.69) is 9.72 Å². The van der Waals surface area contributed by atoms with Crippen molar-refractivity contribution in [2.45, 2.75) is 39.2 Å². The molecule has 1 saturated heterocycles. The fraction of sp³-hybridized carbons (Fsp3) is 0.400. The van der Waals surface area contributed by atoms with E-state index in [4.69, 9.17) is 11.6 Å². The van der Waals surface area contributed by atoms with Gasteiger partial charge in [-0.2, -0.15) is 4.90 Å². The molecule has 1 aliphatic heterocycles. The van der Waals surface area contributed by atoms with Crippen molar-refractivity contribution in [3.05, 3.63) is 70.0 Å². The van der Waals surface area contributed by atoms with Crippen molar-refractivity contribution < 1.29 is 34.4 Å². The van der Waals surface area contributed by atoms with E-state index in [1.807, 2.05) is 32.1 Å². The van der Waals surface area contributed by atoms with Crippen LogP contribution in [0, 0.1) is 23.7 Å². The summed E-state index contributed by atoms with van der Waals surface area (Å²) in [5.74, 6) is -3.99. The highest BCUT2D eigenvalue weighted by Gasteiger charge is 2.57. The van der Waals surface area contributed by atoms with Gasteiger partial charge in [-0.25, -0.2) is 4.79 Å². The van der Waals surface area contributed by atoms with Crippen LogP contribution < -0.4 is 0 Å². The number of aliphatic hydroxyl groups is 2. The first kappa shape index (κ1) is 29.5. The lowest BCUT2D eigenvalue weighted by Crippen LogP contribution is -2.40. The molecule has 4 rings (SSSR count). The zero-order chi connectivity index (χ0) is 29.1. The molecule has 3 amide bonds. The lowest BCUT2D eigenvalue weighted by atomic mass is 9.66. The second kappa shape index (κ2) is 12.3. The molecule has 1 fully saturated rings. The molecule has 212 valence electrons. The largest absolute Gasteiger partial charge is 0.508 e. The van der Waals surface area contributed by atoms with Crippen LogP contribution in [0.1, 0.15) is 44.4 Å². The average molecular weight is 569 g/mol. The Morgan fingerprint density at radius 2 is 1.98 bits per heavy atom. The highest BCUT2D eigenvalue weighted by atomic mass is 35.5. The number of allylic oxidation sites excluding steroid dienone is 2. The SMILES string of the molecule is COC(=O)N1C(=O)[C@@H]2[C@@H](CC(C(C)C)=C([C@H](O)CC/C(=C/c3ccc(O)cc3Cl)c3ccccn3)[C@@H]2CO)C1=O. The van der Waals surface area contributed by atoms with Gasteiger partial charge in [0, 0.05) is 12.1 Å². The van der Waals surface area contributed by atoms with Gasteiger partial charge < -0.3 is 20.1 Å². The molecule has 0 saturated carbocycles. The lowest BCUT2D eigenvalue weighted by Gasteiger charge is -2.38. The minimum atomic E-state index is -1.05. The number of ether oxygens (including phenoxy) is 1. The number of aromatic hydroxyl groups is 1. The first-order chi connectivity index (χ1) is 19.1. The summed E-state index contributed by atoms with van der Waals surface area (Å²) in [6.45, 7) is 3.40. The number of amides is 3. The summed E-state index contributed by atoms with van der Waals surface area (Å²) >= 11 is 6.35. The number of benzene rings is 1. The molecule has 1 aromatic heterocycles. The molecule has 2 aromatic rings. The van der Waals surface area contributed by atoms with Crippen molar-refractivity contribution in [2.24, 2.45) is 23.7 Å². The van der Waals surface area contributed by atoms with Crippen molar-refractivity contribution in [1.29, 1.82) is 0 Å². The number of phenols is 1. The summed E-state index contributed by atoms with van der Waals surface area (Å²) < 4.78 is 4.65. The number of fused-ring (bicyclic) bond motifs is 1. The van der Waals surface area contributed by atoms with Crippen LogP contribution >= 0.6 is 11.6 Å². The van der Waals surface area contributed by atoms with Gasteiger partial charge in [0.25, 0.3) is 0 Å². The van der Waals surface area contributed by atoms with Gasteiger partial charge in [0.1, 0.15) is 5.75 Å². The zero-order valence-electron chi connectivity index (χ0n) is 22.6. The van der Waals surface area contributed by atoms with Gasteiger partial charge in [0.15, 0.2) is 0 Å². The van der Waals surface area contributed by atoms with E-state index >= 15 is 0 Å². The molecular formula is C30H33ClN2O7. The van der Waals surface area contributed by atoms with Crippen LogP contribution in [0.3, 0.4) is 0 Å². The van der Waals surface area contributed by atoms with Crippen molar-refractivity contribution in [1.82, 2.24) is 9.88 Å². The predicted octanol–water partition coefficient (Wildman–Crippen LogP) is 4.45. The van der Waals surface area contributed by atoms with Crippen LogP contribution in [-0.4, -0.2) is 62.9 Å². The molecule has 3 N–H and O–H groups in total. The van der Waals surface area contributed by atoms with Crippen molar-refractivity contribution in [3.63, 3.8) is 0 Å². The third kappa shape index (κ3) is 5.68. The Balaban J connectivity index is 1.67. The molecule has 1 aliphatic carbocycles. The quantitative estimate of drug-likeness (QED) is 0.314. The van der Waals surface area contributed by atoms with Gasteiger partial charge in [-0.3, -0.25) is 14.6 Å². The normalized spacial score (nSPS) is 22.1. The molecular weight excluding hydrogens is 536 g/mol. The van der Waals surface area contributed by atoms with Crippen molar-refractivity contribution in [3.8, 4) is 5.75 Å². The van der Waals surface area contributed by atoms with E-state index in [1.54, 1.807) is 18.3 Å². The van der Waals surface area contributed by atoms with E-state index in [-0.39, 0.29) is 24.5 Å². The van der Waals surface area contributed by atoms with E-state index < -0.39 is 48.4 Å². The van der Waals surface area contributed by atoms with Crippen LogP contribution in [0.25, 0.3) is 11.6 Å². The molecule has 4 atom stereocenters. The number of halogens is 1. The third-order valence-electron chi connectivity index (χ3n) is 7.72. The highest BCUT2D eigenvalue weighted by molar-refractivity contribution is 6.32. The predicted molar refractivity (Wildman–Crippen MR) is 149 cm³/mol. The Bertz CT molecular complexity index is 1360. The Hall–Kier alpha value is -3.53. The summed E-state index contributed by atoms with van der Waals surface area (Å²) in [6.07, 6.45) is 2.24. The summed E-state index contributed by atoms with van der Waals surface area (Å²) in [7, 11) is 1.10. The molecule has 2 heterocycles. The number of hydrogen-bond acceptors (Lipinski definition) is 8. The molecule has 9 nitrogen and oxygen atoms in total. The van der Waals surface area contributed by atoms with Gasteiger partial charge in [0.05, 0.1) is 42.4 Å². The van der Waals surface area contributed by atoms with E-state index in [1.165, 1.54) is 12.1 Å². The number of nitrogens with zero attached hydrogens (tertiary/aromatic N) is 2. The Morgan fingerprint density at radius 1 is 1.23 bits per heavy atom. The Labute approximate surface area is 237 Å².